The second-order valence-electron chi connectivity index (χ2n) is 6.74. The van der Waals surface area contributed by atoms with Crippen molar-refractivity contribution in [3.63, 3.8) is 0 Å². The van der Waals surface area contributed by atoms with E-state index >= 15 is 0 Å². The van der Waals surface area contributed by atoms with Gasteiger partial charge in [0.25, 0.3) is 0 Å². The molecule has 0 aliphatic heterocycles. The zero-order valence-electron chi connectivity index (χ0n) is 17.3. The third-order valence-electron chi connectivity index (χ3n) is 4.65. The van der Waals surface area contributed by atoms with Gasteiger partial charge in [-0.15, -0.1) is 0 Å². The van der Waals surface area contributed by atoms with Gasteiger partial charge in [0.05, 0.1) is 20.3 Å². The van der Waals surface area contributed by atoms with Gasteiger partial charge in [0.1, 0.15) is 22.1 Å². The van der Waals surface area contributed by atoms with E-state index in [-0.39, 0.29) is 10.6 Å². The molecule has 0 radical (unpaired) electrons. The van der Waals surface area contributed by atoms with E-state index in [2.05, 4.69) is 5.32 Å². The number of nitrogens with one attached hydrogen (secondary N) is 1. The zero-order valence-corrected chi connectivity index (χ0v) is 18.1. The first kappa shape index (κ1) is 22.6. The standard InChI is InChI=1S/C23H25NO6S/c1-28-20-13-10-18(23(14-20)29-2)15-24-16-22(25)17-8-11-19(12-9-17)30-31(26,27)21-6-4-3-5-7-21/h3-14,22,24-25H,15-16H2,1-2H3/t22-/m0/s1. The summed E-state index contributed by atoms with van der Waals surface area (Å²) in [6.45, 7) is 0.804. The minimum absolute atomic E-state index is 0.0808. The molecule has 0 aliphatic carbocycles. The Kier molecular flexibility index (Phi) is 7.51. The highest BCUT2D eigenvalue weighted by Gasteiger charge is 2.16. The first-order chi connectivity index (χ1) is 14.9. The van der Waals surface area contributed by atoms with Gasteiger partial charge in [-0.05, 0) is 35.9 Å². The van der Waals surface area contributed by atoms with Crippen LogP contribution in [0.2, 0.25) is 0 Å². The van der Waals surface area contributed by atoms with Crippen molar-refractivity contribution in [3.8, 4) is 17.2 Å². The van der Waals surface area contributed by atoms with E-state index in [0.717, 1.165) is 5.56 Å². The fraction of sp³-hybridized carbons (Fsp3) is 0.217. The molecule has 0 bridgehead atoms. The number of benzene rings is 3. The van der Waals surface area contributed by atoms with Crippen molar-refractivity contribution in [2.24, 2.45) is 0 Å². The summed E-state index contributed by atoms with van der Waals surface area (Å²) in [6, 6.07) is 19.8. The van der Waals surface area contributed by atoms with Gasteiger partial charge < -0.3 is 24.1 Å². The Hall–Kier alpha value is -3.07. The molecule has 0 heterocycles. The van der Waals surface area contributed by atoms with Crippen LogP contribution in [0.15, 0.2) is 77.7 Å². The molecule has 31 heavy (non-hydrogen) atoms. The minimum atomic E-state index is -3.90. The SMILES string of the molecule is COc1ccc(CNC[C@H](O)c2ccc(OS(=O)(=O)c3ccccc3)cc2)c(OC)c1. The van der Waals surface area contributed by atoms with E-state index < -0.39 is 16.2 Å². The van der Waals surface area contributed by atoms with Gasteiger partial charge in [0.2, 0.25) is 0 Å². The Bertz CT molecular complexity index is 1080. The molecule has 1 atom stereocenters. The van der Waals surface area contributed by atoms with Crippen molar-refractivity contribution in [1.29, 1.82) is 0 Å². The molecule has 3 aromatic carbocycles. The fourth-order valence-electron chi connectivity index (χ4n) is 2.97. The van der Waals surface area contributed by atoms with Crippen molar-refractivity contribution in [2.75, 3.05) is 20.8 Å². The first-order valence-electron chi connectivity index (χ1n) is 9.62. The number of ether oxygens (including phenoxy) is 2. The lowest BCUT2D eigenvalue weighted by Gasteiger charge is -2.15. The number of aliphatic hydroxyl groups excluding tert-OH is 1. The van der Waals surface area contributed by atoms with Crippen LogP contribution >= 0.6 is 0 Å². The predicted octanol–water partition coefficient (Wildman–Crippen LogP) is 3.29. The Morgan fingerprint density at radius 2 is 1.58 bits per heavy atom. The number of hydrogen-bond donors (Lipinski definition) is 2. The van der Waals surface area contributed by atoms with E-state index in [4.69, 9.17) is 13.7 Å². The van der Waals surface area contributed by atoms with Crippen molar-refractivity contribution < 1.29 is 27.2 Å². The van der Waals surface area contributed by atoms with Crippen LogP contribution in [0.5, 0.6) is 17.2 Å². The monoisotopic (exact) mass is 443 g/mol. The molecule has 7 nitrogen and oxygen atoms in total. The molecule has 2 N–H and O–H groups in total. The summed E-state index contributed by atoms with van der Waals surface area (Å²) in [5, 5.41) is 13.6. The van der Waals surface area contributed by atoms with Crippen LogP contribution < -0.4 is 19.0 Å². The minimum Gasteiger partial charge on any atom is -0.497 e. The number of aliphatic hydroxyl groups is 1. The highest BCUT2D eigenvalue weighted by atomic mass is 32.2. The van der Waals surface area contributed by atoms with Crippen molar-refractivity contribution >= 4 is 10.1 Å². The molecule has 164 valence electrons. The normalized spacial score (nSPS) is 12.2. The molecule has 3 aromatic rings. The molecule has 0 spiro atoms. The number of methoxy groups -OCH3 is 2. The van der Waals surface area contributed by atoms with Crippen LogP contribution in [0.3, 0.4) is 0 Å². The van der Waals surface area contributed by atoms with Crippen LogP contribution in [0.1, 0.15) is 17.2 Å². The Morgan fingerprint density at radius 1 is 0.903 bits per heavy atom. The van der Waals surface area contributed by atoms with Gasteiger partial charge in [-0.3, -0.25) is 0 Å². The third-order valence-corrected chi connectivity index (χ3v) is 5.91. The summed E-state index contributed by atoms with van der Waals surface area (Å²) in [7, 11) is -0.713. The quantitative estimate of drug-likeness (QED) is 0.464. The first-order valence-corrected chi connectivity index (χ1v) is 11.0. The van der Waals surface area contributed by atoms with Crippen molar-refractivity contribution in [1.82, 2.24) is 5.32 Å². The van der Waals surface area contributed by atoms with Crippen LogP contribution in [0.25, 0.3) is 0 Å². The van der Waals surface area contributed by atoms with Crippen LogP contribution in [0, 0.1) is 0 Å². The summed E-state index contributed by atoms with van der Waals surface area (Å²) in [5.74, 6) is 1.58. The van der Waals surface area contributed by atoms with Crippen LogP contribution in [-0.2, 0) is 16.7 Å². The predicted molar refractivity (Wildman–Crippen MR) is 117 cm³/mol. The number of hydrogen-bond acceptors (Lipinski definition) is 7. The molecule has 0 saturated carbocycles. The molecule has 0 aliphatic rings. The average Bonchev–Trinajstić information content (AvgIpc) is 2.80. The molecule has 0 unspecified atom stereocenters. The molecular weight excluding hydrogens is 418 g/mol. The summed E-state index contributed by atoms with van der Waals surface area (Å²) >= 11 is 0. The highest BCUT2D eigenvalue weighted by Crippen LogP contribution is 2.25. The molecule has 3 rings (SSSR count). The van der Waals surface area contributed by atoms with Gasteiger partial charge >= 0.3 is 10.1 Å². The molecule has 0 saturated heterocycles. The van der Waals surface area contributed by atoms with E-state index in [1.54, 1.807) is 50.6 Å². The van der Waals surface area contributed by atoms with Crippen molar-refractivity contribution in [2.45, 2.75) is 17.5 Å². The summed E-state index contributed by atoms with van der Waals surface area (Å²) in [6.07, 6.45) is -0.774. The lowest BCUT2D eigenvalue weighted by molar-refractivity contribution is 0.174. The molecule has 0 fully saturated rings. The maximum absolute atomic E-state index is 12.3. The van der Waals surface area contributed by atoms with E-state index in [1.807, 2.05) is 12.1 Å². The maximum atomic E-state index is 12.3. The lowest BCUT2D eigenvalue weighted by Crippen LogP contribution is -2.21. The summed E-state index contributed by atoms with van der Waals surface area (Å²) in [5.41, 5.74) is 1.57. The molecule has 0 aromatic heterocycles. The number of rotatable bonds is 10. The van der Waals surface area contributed by atoms with Gasteiger partial charge in [0, 0.05) is 24.7 Å². The van der Waals surface area contributed by atoms with Gasteiger partial charge in [0.15, 0.2) is 0 Å². The van der Waals surface area contributed by atoms with Gasteiger partial charge in [-0.1, -0.05) is 36.4 Å². The summed E-state index contributed by atoms with van der Waals surface area (Å²) < 4.78 is 40.3. The largest absolute Gasteiger partial charge is 0.497 e. The van der Waals surface area contributed by atoms with Gasteiger partial charge in [-0.2, -0.15) is 8.42 Å². The zero-order chi connectivity index (χ0) is 22.3. The lowest BCUT2D eigenvalue weighted by atomic mass is 10.1. The average molecular weight is 444 g/mol. The smallest absolute Gasteiger partial charge is 0.339 e. The van der Waals surface area contributed by atoms with Crippen LogP contribution in [0.4, 0.5) is 0 Å². The Balaban J connectivity index is 1.56. The molecule has 8 heteroatoms. The van der Waals surface area contributed by atoms with E-state index in [0.29, 0.717) is 30.2 Å². The summed E-state index contributed by atoms with van der Waals surface area (Å²) in [4.78, 5) is 0.0808. The Morgan fingerprint density at radius 3 is 2.23 bits per heavy atom. The molecule has 0 amide bonds. The van der Waals surface area contributed by atoms with Crippen LogP contribution in [-0.4, -0.2) is 34.3 Å². The van der Waals surface area contributed by atoms with Crippen molar-refractivity contribution in [3.05, 3.63) is 83.9 Å². The third kappa shape index (κ3) is 5.97. The van der Waals surface area contributed by atoms with E-state index in [1.165, 1.54) is 24.3 Å². The fourth-order valence-corrected chi connectivity index (χ4v) is 3.92. The van der Waals surface area contributed by atoms with Gasteiger partial charge in [-0.25, -0.2) is 0 Å². The highest BCUT2D eigenvalue weighted by molar-refractivity contribution is 7.87. The topological polar surface area (TPSA) is 94.1 Å². The second-order valence-corrected chi connectivity index (χ2v) is 8.29. The molecular formula is C23H25NO6S. The Labute approximate surface area is 182 Å². The second kappa shape index (κ2) is 10.3. The maximum Gasteiger partial charge on any atom is 0.339 e. The van der Waals surface area contributed by atoms with E-state index in [9.17, 15) is 13.5 Å².